The van der Waals surface area contributed by atoms with Crippen LogP contribution >= 0.6 is 0 Å². The third kappa shape index (κ3) is 2.72. The van der Waals surface area contributed by atoms with Gasteiger partial charge in [0, 0.05) is 0 Å². The van der Waals surface area contributed by atoms with E-state index in [1.165, 1.54) is 12.1 Å². The van der Waals surface area contributed by atoms with Gasteiger partial charge in [0.1, 0.15) is 11.4 Å². The molecule has 0 aliphatic heterocycles. The quantitative estimate of drug-likeness (QED) is 0.815. The van der Waals surface area contributed by atoms with Crippen LogP contribution in [0.2, 0.25) is 0 Å². The largest absolute Gasteiger partial charge is 0.312 e. The highest BCUT2D eigenvalue weighted by Crippen LogP contribution is 2.40. The smallest absolute Gasteiger partial charge is 0.207 e. The van der Waals surface area contributed by atoms with Crippen LogP contribution in [-0.2, 0) is 16.0 Å². The van der Waals surface area contributed by atoms with E-state index in [0.29, 0.717) is 12.8 Å². The highest BCUT2D eigenvalue weighted by molar-refractivity contribution is 7.61. The van der Waals surface area contributed by atoms with E-state index in [1.54, 1.807) is 12.1 Å². The number of hydrogen-bond acceptors (Lipinski definition) is 3. The molecular weight excluding hydrogens is 241 g/mol. The van der Waals surface area contributed by atoms with Gasteiger partial charge in [-0.3, -0.25) is 0 Å². The minimum absolute atomic E-state index is 0.317. The number of halogens is 1. The van der Waals surface area contributed by atoms with Crippen molar-refractivity contribution in [1.29, 1.82) is 0 Å². The fourth-order valence-electron chi connectivity index (χ4n) is 2.47. The summed E-state index contributed by atoms with van der Waals surface area (Å²) in [5.74, 6) is -0.317. The zero-order valence-corrected chi connectivity index (χ0v) is 10.2. The van der Waals surface area contributed by atoms with E-state index >= 15 is 0 Å². The molecule has 1 saturated carbocycles. The second kappa shape index (κ2) is 4.96. The molecule has 2 rings (SSSR count). The summed E-state index contributed by atoms with van der Waals surface area (Å²) in [6.07, 6.45) is 4.44. The molecule has 0 aromatic heterocycles. The van der Waals surface area contributed by atoms with Crippen molar-refractivity contribution in [2.75, 3.05) is 0 Å². The number of nitrogens with zero attached hydrogens (tertiary/aromatic N) is 1. The van der Waals surface area contributed by atoms with Crippen LogP contribution in [0.5, 0.6) is 0 Å². The Kier molecular flexibility index (Phi) is 3.57. The third-order valence-electron chi connectivity index (χ3n) is 3.31. The van der Waals surface area contributed by atoms with Gasteiger partial charge < -0.3 is 0 Å². The summed E-state index contributed by atoms with van der Waals surface area (Å²) in [6, 6.07) is 5.98. The fraction of sp³-hybridized carbons (Fsp3) is 0.500. The monoisotopic (exact) mass is 255 g/mol. The first-order valence-corrected chi connectivity index (χ1v) is 6.74. The molecular formula is C12H14FNO2S. The summed E-state index contributed by atoms with van der Waals surface area (Å²) in [6.45, 7) is 0. The lowest BCUT2D eigenvalue weighted by atomic mass is 9.77. The van der Waals surface area contributed by atoms with Crippen LogP contribution in [0.3, 0.4) is 0 Å². The second-order valence-electron chi connectivity index (χ2n) is 4.41. The van der Waals surface area contributed by atoms with Gasteiger partial charge in [0.2, 0.25) is 0 Å². The van der Waals surface area contributed by atoms with Crippen LogP contribution in [0.4, 0.5) is 4.39 Å². The number of benzene rings is 1. The molecule has 0 N–H and O–H groups in total. The Morgan fingerprint density at radius 3 is 2.18 bits per heavy atom. The lowest BCUT2D eigenvalue weighted by molar-refractivity contribution is 0.307. The van der Waals surface area contributed by atoms with Gasteiger partial charge in [-0.1, -0.05) is 31.4 Å². The van der Waals surface area contributed by atoms with E-state index in [4.69, 9.17) is 0 Å². The molecule has 3 nitrogen and oxygen atoms in total. The maximum atomic E-state index is 12.9. The molecule has 1 aromatic carbocycles. The molecule has 1 aromatic rings. The van der Waals surface area contributed by atoms with Gasteiger partial charge in [-0.15, -0.1) is 0 Å². The van der Waals surface area contributed by atoms with Crippen LogP contribution in [0.1, 0.15) is 37.7 Å². The van der Waals surface area contributed by atoms with E-state index < -0.39 is 16.0 Å². The Morgan fingerprint density at radius 2 is 1.65 bits per heavy atom. The van der Waals surface area contributed by atoms with Crippen molar-refractivity contribution < 1.29 is 12.8 Å². The van der Waals surface area contributed by atoms with Crippen LogP contribution < -0.4 is 0 Å². The molecule has 1 aliphatic carbocycles. The minimum atomic E-state index is -2.43. The molecule has 1 aliphatic rings. The molecule has 17 heavy (non-hydrogen) atoms. The molecule has 0 radical (unpaired) electrons. The van der Waals surface area contributed by atoms with Gasteiger partial charge in [0.05, 0.1) is 0 Å². The van der Waals surface area contributed by atoms with Crippen molar-refractivity contribution >= 4 is 10.5 Å². The molecule has 0 amide bonds. The topological polar surface area (TPSA) is 46.5 Å². The van der Waals surface area contributed by atoms with Crippen LogP contribution in [-0.4, -0.2) is 8.42 Å². The molecule has 5 heteroatoms. The first-order valence-electron chi connectivity index (χ1n) is 5.71. The zero-order chi connectivity index (χ0) is 12.3. The lowest BCUT2D eigenvalue weighted by Crippen LogP contribution is -2.26. The molecule has 0 saturated heterocycles. The first kappa shape index (κ1) is 12.2. The summed E-state index contributed by atoms with van der Waals surface area (Å²) in [5.41, 5.74) is 0.126. The Bertz CT molecular complexity index is 508. The van der Waals surface area contributed by atoms with Gasteiger partial charge in [-0.05, 0) is 30.5 Å². The van der Waals surface area contributed by atoms with Gasteiger partial charge in [-0.2, -0.15) is 12.8 Å². The predicted octanol–water partition coefficient (Wildman–Crippen LogP) is 3.05. The summed E-state index contributed by atoms with van der Waals surface area (Å²) in [7, 11) is -2.43. The lowest BCUT2D eigenvalue weighted by Gasteiger charge is -2.32. The van der Waals surface area contributed by atoms with Crippen LogP contribution in [0, 0.1) is 5.82 Å². The summed E-state index contributed by atoms with van der Waals surface area (Å²) < 4.78 is 38.5. The third-order valence-corrected chi connectivity index (χ3v) is 3.81. The van der Waals surface area contributed by atoms with E-state index in [9.17, 15) is 12.8 Å². The number of hydrogen-bond donors (Lipinski definition) is 0. The average molecular weight is 255 g/mol. The Labute approximate surface area is 101 Å². The predicted molar refractivity (Wildman–Crippen MR) is 62.5 cm³/mol. The van der Waals surface area contributed by atoms with Crippen molar-refractivity contribution in [2.45, 2.75) is 37.6 Å². The maximum absolute atomic E-state index is 12.9. The van der Waals surface area contributed by atoms with E-state index in [0.717, 1.165) is 24.8 Å². The summed E-state index contributed by atoms with van der Waals surface area (Å²) in [4.78, 5) is 0. The van der Waals surface area contributed by atoms with Crippen molar-refractivity contribution in [3.05, 3.63) is 35.6 Å². The van der Waals surface area contributed by atoms with Gasteiger partial charge in [-0.25, -0.2) is 4.39 Å². The fourth-order valence-corrected chi connectivity index (χ4v) is 3.05. The van der Waals surface area contributed by atoms with Crippen molar-refractivity contribution in [3.8, 4) is 0 Å². The second-order valence-corrected chi connectivity index (χ2v) is 5.02. The van der Waals surface area contributed by atoms with Crippen molar-refractivity contribution in [2.24, 2.45) is 4.36 Å². The Balaban J connectivity index is 2.46. The highest BCUT2D eigenvalue weighted by atomic mass is 32.2. The SMILES string of the molecule is O=S(=O)=NC1(c2ccc(F)cc2)CCCCC1. The van der Waals surface area contributed by atoms with Crippen molar-refractivity contribution in [1.82, 2.24) is 0 Å². The molecule has 0 unspecified atom stereocenters. The van der Waals surface area contributed by atoms with Gasteiger partial charge >= 0.3 is 10.5 Å². The molecule has 0 bridgehead atoms. The van der Waals surface area contributed by atoms with Crippen molar-refractivity contribution in [3.63, 3.8) is 0 Å². The highest BCUT2D eigenvalue weighted by Gasteiger charge is 2.34. The van der Waals surface area contributed by atoms with Gasteiger partial charge in [0.25, 0.3) is 0 Å². The Hall–Kier alpha value is -1.23. The van der Waals surface area contributed by atoms with Gasteiger partial charge in [0.15, 0.2) is 0 Å². The zero-order valence-electron chi connectivity index (χ0n) is 9.39. The van der Waals surface area contributed by atoms with E-state index in [2.05, 4.69) is 4.36 Å². The standard InChI is InChI=1S/C12H14FNO2S/c13-11-6-4-10(5-7-11)12(14-17(15)16)8-2-1-3-9-12/h4-7H,1-3,8-9H2. The molecule has 92 valence electrons. The molecule has 0 atom stereocenters. The normalized spacial score (nSPS) is 18.6. The Morgan fingerprint density at radius 1 is 1.06 bits per heavy atom. The summed E-state index contributed by atoms with van der Waals surface area (Å²) in [5, 5.41) is 0. The van der Waals surface area contributed by atoms with E-state index in [1.807, 2.05) is 0 Å². The molecule has 0 heterocycles. The average Bonchev–Trinajstić information content (AvgIpc) is 2.30. The minimum Gasteiger partial charge on any atom is -0.207 e. The molecule has 1 fully saturated rings. The van der Waals surface area contributed by atoms with Crippen LogP contribution in [0.15, 0.2) is 28.6 Å². The number of rotatable bonds is 2. The van der Waals surface area contributed by atoms with E-state index in [-0.39, 0.29) is 5.82 Å². The maximum Gasteiger partial charge on any atom is 0.312 e. The first-order chi connectivity index (χ1) is 8.12. The summed E-state index contributed by atoms with van der Waals surface area (Å²) >= 11 is 0. The molecule has 0 spiro atoms. The van der Waals surface area contributed by atoms with Crippen LogP contribution in [0.25, 0.3) is 0 Å².